The molecule has 2 rings (SSSR count). The summed E-state index contributed by atoms with van der Waals surface area (Å²) in [5, 5.41) is 18.7. The van der Waals surface area contributed by atoms with Crippen molar-refractivity contribution >= 4 is 17.4 Å². The Kier molecular flexibility index (Phi) is 4.34. The molecule has 6 nitrogen and oxygen atoms in total. The van der Waals surface area contributed by atoms with Crippen LogP contribution in [-0.2, 0) is 4.74 Å². The van der Waals surface area contributed by atoms with E-state index in [2.05, 4.69) is 9.97 Å². The summed E-state index contributed by atoms with van der Waals surface area (Å²) in [5.41, 5.74) is 0. The second-order valence-electron chi connectivity index (χ2n) is 4.23. The molecule has 0 saturated carbocycles. The molecule has 1 fully saturated rings. The van der Waals surface area contributed by atoms with Gasteiger partial charge in [-0.3, -0.25) is 0 Å². The molecule has 1 saturated heterocycles. The number of aliphatic hydroxyl groups is 2. The molecule has 0 amide bonds. The molecule has 1 aromatic rings. The van der Waals surface area contributed by atoms with E-state index in [-0.39, 0.29) is 17.1 Å². The van der Waals surface area contributed by atoms with Gasteiger partial charge in [-0.1, -0.05) is 11.6 Å². The van der Waals surface area contributed by atoms with Gasteiger partial charge in [-0.15, -0.1) is 0 Å². The van der Waals surface area contributed by atoms with Gasteiger partial charge >= 0.3 is 0 Å². The van der Waals surface area contributed by atoms with Crippen LogP contribution in [0.1, 0.15) is 18.9 Å². The summed E-state index contributed by atoms with van der Waals surface area (Å²) in [6.45, 7) is 3.60. The number of morpholine rings is 1. The van der Waals surface area contributed by atoms with Crippen molar-refractivity contribution in [2.45, 2.75) is 19.1 Å². The third-order valence-electron chi connectivity index (χ3n) is 2.73. The molecule has 2 N–H and O–H groups in total. The van der Waals surface area contributed by atoms with Crippen LogP contribution in [0.25, 0.3) is 0 Å². The van der Waals surface area contributed by atoms with Crippen LogP contribution in [0.5, 0.6) is 0 Å². The predicted molar refractivity (Wildman–Crippen MR) is 66.7 cm³/mol. The molecule has 0 aromatic carbocycles. The summed E-state index contributed by atoms with van der Waals surface area (Å²) in [5.74, 6) is 0.784. The number of halogens is 1. The lowest BCUT2D eigenvalue weighted by molar-refractivity contribution is 0.0527. The van der Waals surface area contributed by atoms with Crippen molar-refractivity contribution in [2.75, 3.05) is 31.2 Å². The van der Waals surface area contributed by atoms with E-state index in [0.717, 1.165) is 0 Å². The minimum atomic E-state index is -1.11. The van der Waals surface area contributed by atoms with E-state index in [9.17, 15) is 5.11 Å². The largest absolute Gasteiger partial charge is 0.393 e. The van der Waals surface area contributed by atoms with Crippen LogP contribution < -0.4 is 4.90 Å². The highest BCUT2D eigenvalue weighted by Gasteiger charge is 2.20. The van der Waals surface area contributed by atoms with Crippen LogP contribution in [0.15, 0.2) is 6.07 Å². The molecular weight excluding hydrogens is 258 g/mol. The van der Waals surface area contributed by atoms with E-state index < -0.39 is 12.7 Å². The van der Waals surface area contributed by atoms with E-state index in [1.165, 1.54) is 0 Å². The zero-order chi connectivity index (χ0) is 13.1. The fourth-order valence-corrected chi connectivity index (χ4v) is 2.03. The number of hydrogen-bond donors (Lipinski definition) is 2. The molecular formula is C11H16ClN3O3. The van der Waals surface area contributed by atoms with Crippen molar-refractivity contribution in [2.24, 2.45) is 0 Å². The van der Waals surface area contributed by atoms with Crippen LogP contribution in [-0.4, -0.2) is 52.6 Å². The van der Waals surface area contributed by atoms with Gasteiger partial charge in [-0.25, -0.2) is 9.97 Å². The summed E-state index contributed by atoms with van der Waals surface area (Å²) >= 11 is 5.90. The van der Waals surface area contributed by atoms with Crippen LogP contribution >= 0.6 is 11.6 Å². The van der Waals surface area contributed by atoms with Gasteiger partial charge in [-0.05, 0) is 6.92 Å². The Hall–Kier alpha value is -0.950. The molecule has 1 unspecified atom stereocenters. The number of rotatable bonds is 3. The van der Waals surface area contributed by atoms with Crippen LogP contribution in [0.2, 0.25) is 5.15 Å². The number of nitrogens with zero attached hydrogens (tertiary/aromatic N) is 3. The Labute approximate surface area is 110 Å². The topological polar surface area (TPSA) is 78.7 Å². The first-order valence-corrected chi connectivity index (χ1v) is 6.18. The van der Waals surface area contributed by atoms with E-state index in [0.29, 0.717) is 25.5 Å². The van der Waals surface area contributed by atoms with Gasteiger partial charge in [0.25, 0.3) is 0 Å². The van der Waals surface area contributed by atoms with Crippen molar-refractivity contribution in [3.8, 4) is 0 Å². The van der Waals surface area contributed by atoms with E-state index in [1.54, 1.807) is 6.07 Å². The molecule has 0 radical (unpaired) electrons. The van der Waals surface area contributed by atoms with Gasteiger partial charge < -0.3 is 19.8 Å². The molecule has 2 atom stereocenters. The maximum Gasteiger partial charge on any atom is 0.163 e. The van der Waals surface area contributed by atoms with Crippen molar-refractivity contribution in [3.63, 3.8) is 0 Å². The van der Waals surface area contributed by atoms with Crippen molar-refractivity contribution in [1.29, 1.82) is 0 Å². The Balaban J connectivity index is 2.24. The lowest BCUT2D eigenvalue weighted by Crippen LogP contribution is -2.41. The summed E-state index contributed by atoms with van der Waals surface area (Å²) < 4.78 is 5.45. The number of hydrogen-bond acceptors (Lipinski definition) is 6. The second-order valence-corrected chi connectivity index (χ2v) is 4.62. The lowest BCUT2D eigenvalue weighted by Gasteiger charge is -2.32. The second kappa shape index (κ2) is 5.79. The molecule has 7 heteroatoms. The SMILES string of the molecule is C[C@@H]1CN(c2cc(Cl)nc(C(O)CO)n2)CCO1. The Bertz CT molecular complexity index is 419. The predicted octanol–water partition coefficient (Wildman–Crippen LogP) is 0.381. The van der Waals surface area contributed by atoms with Gasteiger partial charge in [0.1, 0.15) is 17.1 Å². The fraction of sp³-hybridized carbons (Fsp3) is 0.636. The number of aromatic nitrogens is 2. The van der Waals surface area contributed by atoms with Gasteiger partial charge in [0.15, 0.2) is 5.82 Å². The van der Waals surface area contributed by atoms with E-state index in [4.69, 9.17) is 21.4 Å². The average Bonchev–Trinajstić information content (AvgIpc) is 2.37. The Morgan fingerprint density at radius 2 is 2.39 bits per heavy atom. The molecule has 1 aliphatic rings. The van der Waals surface area contributed by atoms with E-state index >= 15 is 0 Å². The van der Waals surface area contributed by atoms with Crippen LogP contribution in [0.3, 0.4) is 0 Å². The smallest absolute Gasteiger partial charge is 0.163 e. The fourth-order valence-electron chi connectivity index (χ4n) is 1.84. The quantitative estimate of drug-likeness (QED) is 0.776. The molecule has 100 valence electrons. The summed E-state index contributed by atoms with van der Waals surface area (Å²) in [7, 11) is 0. The highest BCUT2D eigenvalue weighted by atomic mass is 35.5. The average molecular weight is 274 g/mol. The summed E-state index contributed by atoms with van der Waals surface area (Å²) in [6.07, 6.45) is -0.986. The van der Waals surface area contributed by atoms with E-state index in [1.807, 2.05) is 11.8 Å². The summed E-state index contributed by atoms with van der Waals surface area (Å²) in [4.78, 5) is 10.2. The molecule has 1 aliphatic heterocycles. The monoisotopic (exact) mass is 273 g/mol. The minimum Gasteiger partial charge on any atom is -0.393 e. The lowest BCUT2D eigenvalue weighted by atomic mass is 10.3. The van der Waals surface area contributed by atoms with Crippen LogP contribution in [0, 0.1) is 0 Å². The molecule has 2 heterocycles. The highest BCUT2D eigenvalue weighted by molar-refractivity contribution is 6.29. The first-order chi connectivity index (χ1) is 8.60. The zero-order valence-electron chi connectivity index (χ0n) is 10.1. The number of aliphatic hydroxyl groups excluding tert-OH is 2. The molecule has 0 spiro atoms. The number of ether oxygens (including phenoxy) is 1. The maximum atomic E-state index is 9.55. The summed E-state index contributed by atoms with van der Waals surface area (Å²) in [6, 6.07) is 1.65. The van der Waals surface area contributed by atoms with Crippen molar-refractivity contribution < 1.29 is 14.9 Å². The highest BCUT2D eigenvalue weighted by Crippen LogP contribution is 2.21. The normalized spacial score (nSPS) is 22.0. The van der Waals surface area contributed by atoms with Gasteiger partial charge in [0.05, 0.1) is 19.3 Å². The van der Waals surface area contributed by atoms with Gasteiger partial charge in [0, 0.05) is 19.2 Å². The minimum absolute atomic E-state index is 0.124. The Morgan fingerprint density at radius 1 is 1.61 bits per heavy atom. The standard InChI is InChI=1S/C11H16ClN3O3/c1-7-5-15(2-3-18-7)10-4-9(12)13-11(14-10)8(17)6-16/h4,7-8,16-17H,2-3,5-6H2,1H3/t7-,8?/m1/s1. The number of anilines is 1. The third kappa shape index (κ3) is 3.08. The first kappa shape index (κ1) is 13.5. The molecule has 1 aromatic heterocycles. The zero-order valence-corrected chi connectivity index (χ0v) is 10.8. The molecule has 0 bridgehead atoms. The maximum absolute atomic E-state index is 9.55. The van der Waals surface area contributed by atoms with Crippen molar-refractivity contribution in [1.82, 2.24) is 9.97 Å². The first-order valence-electron chi connectivity index (χ1n) is 5.80. The van der Waals surface area contributed by atoms with Crippen LogP contribution in [0.4, 0.5) is 5.82 Å². The molecule has 18 heavy (non-hydrogen) atoms. The van der Waals surface area contributed by atoms with Crippen molar-refractivity contribution in [3.05, 3.63) is 17.0 Å². The van der Waals surface area contributed by atoms with Gasteiger partial charge in [0.2, 0.25) is 0 Å². The third-order valence-corrected chi connectivity index (χ3v) is 2.93. The Morgan fingerprint density at radius 3 is 3.06 bits per heavy atom. The van der Waals surface area contributed by atoms with Gasteiger partial charge in [-0.2, -0.15) is 0 Å². The molecule has 0 aliphatic carbocycles.